The number of piperazine rings is 1. The molecule has 1 aliphatic rings. The first kappa shape index (κ1) is 21.8. The Morgan fingerprint density at radius 3 is 2.56 bits per heavy atom. The molecule has 0 unspecified atom stereocenters. The van der Waals surface area contributed by atoms with Crippen LogP contribution < -0.4 is 0 Å². The van der Waals surface area contributed by atoms with Crippen LogP contribution in [0, 0.1) is 0 Å². The zero-order valence-electron chi connectivity index (χ0n) is 18.7. The molecule has 1 aliphatic heterocycles. The van der Waals surface area contributed by atoms with E-state index in [1.165, 1.54) is 5.56 Å². The van der Waals surface area contributed by atoms with Crippen molar-refractivity contribution >= 4 is 22.9 Å². The lowest BCUT2D eigenvalue weighted by Crippen LogP contribution is -2.49. The van der Waals surface area contributed by atoms with Gasteiger partial charge in [0.2, 0.25) is 0 Å². The van der Waals surface area contributed by atoms with Gasteiger partial charge in [0, 0.05) is 50.7 Å². The SMILES string of the molecule is O=C(OCC(=O)N1CCN(Cc2ccccc2)CC1)c1ccc2nc(-c3cccnc3)[nH]c2c1. The number of H-pyrrole nitrogens is 1. The standard InChI is InChI=1S/C26H25N5O3/c32-24(31-13-11-30(12-14-31)17-19-5-2-1-3-6-19)18-34-26(33)20-8-9-22-23(15-20)29-25(28-22)21-7-4-10-27-16-21/h1-10,15-16H,11-14,17-18H2,(H,28,29). The number of carbonyl (C=O) groups is 2. The molecule has 1 saturated heterocycles. The first-order chi connectivity index (χ1) is 16.7. The molecule has 172 valence electrons. The molecule has 2 aromatic carbocycles. The Morgan fingerprint density at radius 2 is 1.79 bits per heavy atom. The molecule has 4 aromatic rings. The van der Waals surface area contributed by atoms with Gasteiger partial charge in [0.25, 0.3) is 5.91 Å². The van der Waals surface area contributed by atoms with Gasteiger partial charge in [-0.15, -0.1) is 0 Å². The van der Waals surface area contributed by atoms with Crippen molar-refractivity contribution in [3.63, 3.8) is 0 Å². The van der Waals surface area contributed by atoms with E-state index in [-0.39, 0.29) is 12.5 Å². The van der Waals surface area contributed by atoms with E-state index in [2.05, 4.69) is 32.0 Å². The topological polar surface area (TPSA) is 91.4 Å². The third-order valence-corrected chi connectivity index (χ3v) is 5.95. The highest BCUT2D eigenvalue weighted by molar-refractivity contribution is 5.95. The monoisotopic (exact) mass is 455 g/mol. The van der Waals surface area contributed by atoms with Crippen LogP contribution in [0.3, 0.4) is 0 Å². The second-order valence-corrected chi connectivity index (χ2v) is 8.28. The maximum absolute atomic E-state index is 12.6. The van der Waals surface area contributed by atoms with Gasteiger partial charge in [-0.25, -0.2) is 9.78 Å². The number of aromatic amines is 1. The molecule has 8 heteroatoms. The van der Waals surface area contributed by atoms with Crippen LogP contribution in [0.5, 0.6) is 0 Å². The van der Waals surface area contributed by atoms with Gasteiger partial charge in [-0.05, 0) is 35.9 Å². The maximum atomic E-state index is 12.6. The summed E-state index contributed by atoms with van der Waals surface area (Å²) in [6.45, 7) is 3.45. The maximum Gasteiger partial charge on any atom is 0.338 e. The third-order valence-electron chi connectivity index (χ3n) is 5.95. The Kier molecular flexibility index (Phi) is 6.31. The number of nitrogens with zero attached hydrogens (tertiary/aromatic N) is 4. The second-order valence-electron chi connectivity index (χ2n) is 8.28. The highest BCUT2D eigenvalue weighted by atomic mass is 16.5. The molecule has 0 spiro atoms. The highest BCUT2D eigenvalue weighted by Gasteiger charge is 2.22. The predicted molar refractivity (Wildman–Crippen MR) is 128 cm³/mol. The Morgan fingerprint density at radius 1 is 0.971 bits per heavy atom. The molecular formula is C26H25N5O3. The Labute approximate surface area is 197 Å². The summed E-state index contributed by atoms with van der Waals surface area (Å²) >= 11 is 0. The van der Waals surface area contributed by atoms with Gasteiger partial charge in [0.15, 0.2) is 6.61 Å². The molecule has 3 heterocycles. The average molecular weight is 456 g/mol. The largest absolute Gasteiger partial charge is 0.452 e. The molecule has 2 aromatic heterocycles. The Bertz CT molecular complexity index is 1280. The summed E-state index contributed by atoms with van der Waals surface area (Å²) in [5, 5.41) is 0. The van der Waals surface area contributed by atoms with E-state index < -0.39 is 5.97 Å². The van der Waals surface area contributed by atoms with Crippen molar-refractivity contribution in [1.82, 2.24) is 24.8 Å². The molecule has 1 N–H and O–H groups in total. The number of nitrogens with one attached hydrogen (secondary N) is 1. The fraction of sp³-hybridized carbons (Fsp3) is 0.231. The quantitative estimate of drug-likeness (QED) is 0.449. The number of imidazole rings is 1. The van der Waals surface area contributed by atoms with Crippen molar-refractivity contribution in [2.24, 2.45) is 0 Å². The number of aromatic nitrogens is 3. The van der Waals surface area contributed by atoms with Gasteiger partial charge in [0.05, 0.1) is 16.6 Å². The van der Waals surface area contributed by atoms with Crippen molar-refractivity contribution in [2.45, 2.75) is 6.54 Å². The lowest BCUT2D eigenvalue weighted by molar-refractivity contribution is -0.136. The summed E-state index contributed by atoms with van der Waals surface area (Å²) in [4.78, 5) is 41.1. The number of benzene rings is 2. The minimum atomic E-state index is -0.532. The van der Waals surface area contributed by atoms with E-state index in [4.69, 9.17) is 4.74 Å². The van der Waals surface area contributed by atoms with Gasteiger partial charge in [0.1, 0.15) is 5.82 Å². The van der Waals surface area contributed by atoms with E-state index in [9.17, 15) is 9.59 Å². The smallest absolute Gasteiger partial charge is 0.338 e. The van der Waals surface area contributed by atoms with Crippen LogP contribution in [-0.2, 0) is 16.1 Å². The summed E-state index contributed by atoms with van der Waals surface area (Å²) in [7, 11) is 0. The van der Waals surface area contributed by atoms with Gasteiger partial charge >= 0.3 is 5.97 Å². The lowest BCUT2D eigenvalue weighted by atomic mass is 10.2. The van der Waals surface area contributed by atoms with Crippen molar-refractivity contribution < 1.29 is 14.3 Å². The fourth-order valence-electron chi connectivity index (χ4n) is 4.08. The Balaban J connectivity index is 1.14. The first-order valence-corrected chi connectivity index (χ1v) is 11.3. The molecule has 0 aliphatic carbocycles. The molecule has 0 atom stereocenters. The van der Waals surface area contributed by atoms with E-state index in [0.717, 1.165) is 30.7 Å². The number of amides is 1. The number of ether oxygens (including phenoxy) is 1. The molecule has 34 heavy (non-hydrogen) atoms. The highest BCUT2D eigenvalue weighted by Crippen LogP contribution is 2.21. The lowest BCUT2D eigenvalue weighted by Gasteiger charge is -2.34. The number of rotatable bonds is 6. The number of hydrogen-bond donors (Lipinski definition) is 1. The summed E-state index contributed by atoms with van der Waals surface area (Å²) < 4.78 is 5.32. The zero-order valence-corrected chi connectivity index (χ0v) is 18.7. The summed E-state index contributed by atoms with van der Waals surface area (Å²) in [6.07, 6.45) is 3.42. The van der Waals surface area contributed by atoms with Gasteiger partial charge in [-0.1, -0.05) is 30.3 Å². The van der Waals surface area contributed by atoms with Gasteiger partial charge in [-0.2, -0.15) is 0 Å². The van der Waals surface area contributed by atoms with Crippen molar-refractivity contribution in [1.29, 1.82) is 0 Å². The average Bonchev–Trinajstić information content (AvgIpc) is 3.32. The number of esters is 1. The van der Waals surface area contributed by atoms with Crippen LogP contribution in [-0.4, -0.2) is 69.4 Å². The first-order valence-electron chi connectivity index (χ1n) is 11.3. The van der Waals surface area contributed by atoms with E-state index in [0.29, 0.717) is 30.0 Å². The molecule has 1 amide bonds. The van der Waals surface area contributed by atoms with Crippen LogP contribution in [0.2, 0.25) is 0 Å². The Hall–Kier alpha value is -4.04. The zero-order chi connectivity index (χ0) is 23.3. The fourth-order valence-corrected chi connectivity index (χ4v) is 4.08. The van der Waals surface area contributed by atoms with E-state index >= 15 is 0 Å². The van der Waals surface area contributed by atoms with E-state index in [1.54, 1.807) is 35.5 Å². The number of carbonyl (C=O) groups excluding carboxylic acids is 2. The van der Waals surface area contributed by atoms with Crippen molar-refractivity contribution in [2.75, 3.05) is 32.8 Å². The summed E-state index contributed by atoms with van der Waals surface area (Å²) in [6, 6.07) is 19.2. The molecule has 5 rings (SSSR count). The van der Waals surface area contributed by atoms with Crippen LogP contribution in [0.1, 0.15) is 15.9 Å². The number of hydrogen-bond acceptors (Lipinski definition) is 6. The minimum absolute atomic E-state index is 0.172. The second kappa shape index (κ2) is 9.84. The summed E-state index contributed by atoms with van der Waals surface area (Å²) in [5.74, 6) is -0.0279. The molecule has 0 bridgehead atoms. The van der Waals surface area contributed by atoms with E-state index in [1.807, 2.05) is 30.3 Å². The molecular weight excluding hydrogens is 430 g/mol. The normalized spacial score (nSPS) is 14.3. The molecule has 0 saturated carbocycles. The van der Waals surface area contributed by atoms with Crippen LogP contribution in [0.4, 0.5) is 0 Å². The van der Waals surface area contributed by atoms with Crippen LogP contribution in [0.25, 0.3) is 22.4 Å². The van der Waals surface area contributed by atoms with Crippen molar-refractivity contribution in [3.05, 3.63) is 84.2 Å². The molecule has 8 nitrogen and oxygen atoms in total. The molecule has 0 radical (unpaired) electrons. The minimum Gasteiger partial charge on any atom is -0.452 e. The van der Waals surface area contributed by atoms with Crippen molar-refractivity contribution in [3.8, 4) is 11.4 Å². The third kappa shape index (κ3) is 4.97. The van der Waals surface area contributed by atoms with Crippen LogP contribution in [0.15, 0.2) is 73.1 Å². The van der Waals surface area contributed by atoms with Gasteiger partial charge in [-0.3, -0.25) is 14.7 Å². The number of fused-ring (bicyclic) bond motifs is 1. The van der Waals surface area contributed by atoms with Gasteiger partial charge < -0.3 is 14.6 Å². The van der Waals surface area contributed by atoms with Crippen LogP contribution >= 0.6 is 0 Å². The predicted octanol–water partition coefficient (Wildman–Crippen LogP) is 3.13. The summed E-state index contributed by atoms with van der Waals surface area (Å²) in [5.41, 5.74) is 3.94. The molecule has 1 fully saturated rings. The number of pyridine rings is 1.